The number of aryl methyl sites for hydroxylation is 6. The monoisotopic (exact) mass is 1390 g/mol. The molecule has 3 fully saturated rings. The average molecular weight is 1390 g/mol. The molecule has 3 aromatic carbocycles. The van der Waals surface area contributed by atoms with Crippen LogP contribution in [-0.4, -0.2) is 154 Å². The average Bonchev–Trinajstić information content (AvgIpc) is 1.77. The van der Waals surface area contributed by atoms with Crippen LogP contribution in [0.5, 0.6) is 0 Å². The third-order valence-electron chi connectivity index (χ3n) is 19.2. The van der Waals surface area contributed by atoms with Gasteiger partial charge in [0, 0.05) is 204 Å². The number of benzene rings is 3. The summed E-state index contributed by atoms with van der Waals surface area (Å²) in [4.78, 5) is 52.0. The lowest BCUT2D eigenvalue weighted by Crippen LogP contribution is -2.45. The Bertz CT molecular complexity index is 4700. The third kappa shape index (κ3) is 17.1. The summed E-state index contributed by atoms with van der Waals surface area (Å²) in [5.41, 5.74) is 14.4. The molecule has 0 bridgehead atoms. The van der Waals surface area contributed by atoms with Gasteiger partial charge in [-0.2, -0.15) is 30.6 Å². The van der Waals surface area contributed by atoms with Crippen LogP contribution in [0, 0.1) is 11.8 Å². The molecule has 7 atom stereocenters. The van der Waals surface area contributed by atoms with Gasteiger partial charge in [0.05, 0.1) is 55.4 Å². The van der Waals surface area contributed by atoms with Crippen LogP contribution in [0.4, 0.5) is 17.5 Å². The standard InChI is InChI=1S/2C26H30N8O.C24H27N7O2/c2*1-17(35)31-24-9-5-8-20(24)11-27-26-23(22-13-30-34(3)16-22)14-28-25(32-26)19-7-4-6-18(10-19)21-12-29-33(2)15-21;1-30-13-17(10-26-30)15-5-3-6-16(9-15)23-25-12-19(18-11-27-31(2)14-18)24(29-23)28-20-7-4-8-21(32)22(20)33/h2*4,6-7,10,12-16,20,24H,5,8-9,11H2,1-3H3,(H,31,35)(H,27,28,32);3,5-6,9-14,20-22,32-33H,4,7-8H2,1-2H3,(H,25,28,29)/t20-,24+;20-,24-;20-,21-,22+/m110/s1. The second-order valence-electron chi connectivity index (χ2n) is 27.0. The normalized spacial score (nSPS) is 18.5. The number of nitrogens with zero attached hydrogens (tertiary/aromatic N) is 18. The minimum Gasteiger partial charge on any atom is -0.390 e. The van der Waals surface area contributed by atoms with Crippen LogP contribution in [0.2, 0.25) is 0 Å². The van der Waals surface area contributed by atoms with Gasteiger partial charge in [0.1, 0.15) is 17.5 Å². The Morgan fingerprint density at radius 2 is 0.699 bits per heavy atom. The highest BCUT2D eigenvalue weighted by atomic mass is 16.3. The quantitative estimate of drug-likeness (QED) is 0.0396. The molecular weight excluding hydrogens is 1300 g/mol. The number of aromatic nitrogens is 18. The van der Waals surface area contributed by atoms with Crippen molar-refractivity contribution in [2.24, 2.45) is 54.1 Å². The van der Waals surface area contributed by atoms with Crippen molar-refractivity contribution in [3.05, 3.63) is 166 Å². The summed E-state index contributed by atoms with van der Waals surface area (Å²) in [5.74, 6) is 4.77. The summed E-state index contributed by atoms with van der Waals surface area (Å²) in [6.45, 7) is 4.62. The van der Waals surface area contributed by atoms with Gasteiger partial charge < -0.3 is 36.8 Å². The Balaban J connectivity index is 0.000000138. The lowest BCUT2D eigenvalue weighted by molar-refractivity contribution is -0.120. The maximum Gasteiger partial charge on any atom is 0.217 e. The van der Waals surface area contributed by atoms with Gasteiger partial charge >= 0.3 is 0 Å². The smallest absolute Gasteiger partial charge is 0.217 e. The van der Waals surface area contributed by atoms with E-state index in [4.69, 9.17) is 24.9 Å². The maximum atomic E-state index is 11.6. The number of nitrogens with one attached hydrogen (secondary N) is 5. The summed E-state index contributed by atoms with van der Waals surface area (Å²) >= 11 is 0. The van der Waals surface area contributed by atoms with Gasteiger partial charge in [-0.1, -0.05) is 67.4 Å². The predicted octanol–water partition coefficient (Wildman–Crippen LogP) is 9.95. The van der Waals surface area contributed by atoms with Gasteiger partial charge in [0.15, 0.2) is 17.5 Å². The van der Waals surface area contributed by atoms with E-state index in [1.165, 1.54) is 0 Å². The molecule has 0 spiro atoms. The molecule has 3 aliphatic rings. The second kappa shape index (κ2) is 31.5. The van der Waals surface area contributed by atoms with Gasteiger partial charge in [-0.3, -0.25) is 37.7 Å². The first kappa shape index (κ1) is 69.9. The SMILES string of the molecule is CC(=O)N[C@@H]1CCC[C@@H]1CNc1nc(-c2cccc(-c3cnn(C)c3)c2)ncc1-c1cnn(C)c1.CC(=O)N[C@H]1CCC[C@@H]1CNc1nc(-c2cccc(-c3cnn(C)c3)c2)ncc1-c1cnn(C)c1.Cn1cc(-c2cccc(-c3ncc(-c4cnn(C)c4)c(N[C@H]4CCC[C@H](O)[C@@H]4O)n3)c2)cn1. The zero-order valence-electron chi connectivity index (χ0n) is 59.2. The lowest BCUT2D eigenvalue weighted by Gasteiger charge is -2.33. The third-order valence-corrected chi connectivity index (χ3v) is 19.2. The Kier molecular flexibility index (Phi) is 21.4. The molecule has 0 aliphatic heterocycles. The topological polar surface area (TPSA) is 319 Å². The first-order valence-electron chi connectivity index (χ1n) is 34.9. The number of aliphatic hydroxyl groups excluding tert-OH is 2. The van der Waals surface area contributed by atoms with E-state index in [1.54, 1.807) is 54.3 Å². The molecule has 9 aromatic heterocycles. The number of carbonyl (C=O) groups is 2. The van der Waals surface area contributed by atoms with Crippen LogP contribution < -0.4 is 26.6 Å². The van der Waals surface area contributed by atoms with Crippen molar-refractivity contribution in [3.8, 4) is 101 Å². The van der Waals surface area contributed by atoms with E-state index >= 15 is 0 Å². The number of anilines is 3. The molecule has 3 saturated carbocycles. The van der Waals surface area contributed by atoms with E-state index in [0.29, 0.717) is 41.5 Å². The van der Waals surface area contributed by atoms with Crippen LogP contribution in [-0.2, 0) is 51.9 Å². The molecule has 27 heteroatoms. The van der Waals surface area contributed by atoms with Crippen LogP contribution in [0.1, 0.15) is 71.6 Å². The Labute approximate surface area is 597 Å². The Hall–Kier alpha value is -11.6. The van der Waals surface area contributed by atoms with Crippen molar-refractivity contribution < 1.29 is 19.8 Å². The lowest BCUT2D eigenvalue weighted by atomic mass is 9.90. The highest BCUT2D eigenvalue weighted by Crippen LogP contribution is 2.37. The fraction of sp³-hybridized carbons (Fsp3) is 0.342. The fourth-order valence-electron chi connectivity index (χ4n) is 13.9. The molecule has 103 heavy (non-hydrogen) atoms. The molecule has 0 saturated heterocycles. The molecule has 0 unspecified atom stereocenters. The molecule has 7 N–H and O–H groups in total. The first-order chi connectivity index (χ1) is 49.9. The van der Waals surface area contributed by atoms with E-state index in [1.807, 2.05) is 171 Å². The van der Waals surface area contributed by atoms with Crippen molar-refractivity contribution in [1.82, 2.24) is 99.2 Å². The van der Waals surface area contributed by atoms with Crippen molar-refractivity contribution in [2.75, 3.05) is 29.0 Å². The molecule has 0 radical (unpaired) electrons. The molecule has 530 valence electrons. The summed E-state index contributed by atoms with van der Waals surface area (Å²) in [7, 11) is 11.4. The van der Waals surface area contributed by atoms with Gasteiger partial charge in [-0.15, -0.1) is 0 Å². The Morgan fingerprint density at radius 3 is 1.04 bits per heavy atom. The summed E-state index contributed by atoms with van der Waals surface area (Å²) < 4.78 is 10.6. The zero-order chi connectivity index (χ0) is 71.7. The number of hydrogen-bond acceptors (Lipinski definition) is 19. The highest BCUT2D eigenvalue weighted by Gasteiger charge is 2.33. The zero-order valence-corrected chi connectivity index (χ0v) is 59.2. The Morgan fingerprint density at radius 1 is 0.388 bits per heavy atom. The summed E-state index contributed by atoms with van der Waals surface area (Å²) in [6, 6.07) is 24.5. The fourth-order valence-corrected chi connectivity index (χ4v) is 13.9. The summed E-state index contributed by atoms with van der Waals surface area (Å²) in [6.07, 6.45) is 35.2. The minimum atomic E-state index is -0.854. The second-order valence-corrected chi connectivity index (χ2v) is 27.0. The first-order valence-corrected chi connectivity index (χ1v) is 34.9. The molecule has 2 amide bonds. The van der Waals surface area contributed by atoms with Crippen molar-refractivity contribution in [3.63, 3.8) is 0 Å². The number of amides is 2. The maximum absolute atomic E-state index is 11.6. The molecule has 3 aliphatic carbocycles. The van der Waals surface area contributed by atoms with E-state index in [9.17, 15) is 19.8 Å². The van der Waals surface area contributed by atoms with E-state index in [2.05, 4.69) is 86.4 Å². The van der Waals surface area contributed by atoms with E-state index in [0.717, 1.165) is 160 Å². The minimum absolute atomic E-state index is 0.0239. The van der Waals surface area contributed by atoms with Crippen LogP contribution in [0.25, 0.3) is 101 Å². The predicted molar refractivity (Wildman–Crippen MR) is 396 cm³/mol. The highest BCUT2D eigenvalue weighted by molar-refractivity contribution is 5.80. The van der Waals surface area contributed by atoms with Crippen molar-refractivity contribution >= 4 is 29.3 Å². The molecule has 12 aromatic rings. The van der Waals surface area contributed by atoms with Crippen LogP contribution >= 0.6 is 0 Å². The largest absolute Gasteiger partial charge is 0.390 e. The molecule has 27 nitrogen and oxygen atoms in total. The van der Waals surface area contributed by atoms with E-state index < -0.39 is 12.2 Å². The molecule has 9 heterocycles. The van der Waals surface area contributed by atoms with Crippen LogP contribution in [0.15, 0.2) is 166 Å². The number of carbonyl (C=O) groups excluding carboxylic acids is 2. The molecular formula is C76H87N23O4. The summed E-state index contributed by atoms with van der Waals surface area (Å²) in [5, 5.41) is 63.2. The number of rotatable bonds is 19. The van der Waals surface area contributed by atoms with Crippen molar-refractivity contribution in [2.45, 2.75) is 102 Å². The number of aliphatic hydroxyl groups is 2. The molecule has 15 rings (SSSR count). The van der Waals surface area contributed by atoms with Gasteiger partial charge in [-0.05, 0) is 91.7 Å². The van der Waals surface area contributed by atoms with Gasteiger partial charge in [0.25, 0.3) is 0 Å². The van der Waals surface area contributed by atoms with Gasteiger partial charge in [-0.25, -0.2) is 29.9 Å². The van der Waals surface area contributed by atoms with Crippen LogP contribution in [0.3, 0.4) is 0 Å². The number of hydrogen-bond donors (Lipinski definition) is 7. The van der Waals surface area contributed by atoms with Gasteiger partial charge in [0.2, 0.25) is 11.8 Å². The van der Waals surface area contributed by atoms with E-state index in [-0.39, 0.29) is 29.9 Å². The van der Waals surface area contributed by atoms with Crippen molar-refractivity contribution in [1.29, 1.82) is 0 Å².